The van der Waals surface area contributed by atoms with Crippen LogP contribution in [-0.4, -0.2) is 49.8 Å². The van der Waals surface area contributed by atoms with Gasteiger partial charge >= 0.3 is 5.69 Å². The van der Waals surface area contributed by atoms with Crippen LogP contribution in [0.2, 0.25) is 0 Å². The average molecular weight is 443 g/mol. The number of halogens is 1. The summed E-state index contributed by atoms with van der Waals surface area (Å²) in [7, 11) is 3.14. The van der Waals surface area contributed by atoms with Crippen molar-refractivity contribution in [1.82, 2.24) is 23.6 Å². The quantitative estimate of drug-likeness (QED) is 0.603. The minimum atomic E-state index is -0.384. The van der Waals surface area contributed by atoms with Crippen molar-refractivity contribution in [3.63, 3.8) is 0 Å². The molecule has 3 aromatic rings. The number of nitrogens with zero attached hydrogens (tertiary/aromatic N) is 6. The number of benzene rings is 1. The van der Waals surface area contributed by atoms with E-state index in [2.05, 4.69) is 34.1 Å². The van der Waals surface area contributed by atoms with Crippen LogP contribution < -0.4 is 16.1 Å². The third kappa shape index (κ3) is 4.18. The zero-order valence-electron chi connectivity index (χ0n) is 18.1. The van der Waals surface area contributed by atoms with E-state index in [9.17, 15) is 9.59 Å². The first-order valence-corrected chi connectivity index (χ1v) is 10.7. The van der Waals surface area contributed by atoms with Gasteiger partial charge in [0.25, 0.3) is 5.56 Å². The highest BCUT2D eigenvalue weighted by Crippen LogP contribution is 2.22. The molecule has 164 valence electrons. The van der Waals surface area contributed by atoms with Gasteiger partial charge in [0, 0.05) is 58.4 Å². The van der Waals surface area contributed by atoms with Gasteiger partial charge in [-0.3, -0.25) is 18.8 Å². The molecule has 1 aliphatic rings. The van der Waals surface area contributed by atoms with E-state index in [-0.39, 0.29) is 11.2 Å². The number of hydrogen-bond acceptors (Lipinski definition) is 5. The number of fused-ring (bicyclic) bond motifs is 1. The van der Waals surface area contributed by atoms with Crippen LogP contribution in [0.1, 0.15) is 12.5 Å². The standard InChI is InChI=1S/C22H27ClN6O2/c1-16(23)9-10-29-18-19(25(2)22(31)26(3)20(18)30)24-21(29)28-13-11-27(12-14-28)15-17-7-5-4-6-8-17/h4-9H,10-15H2,1-3H3. The summed E-state index contributed by atoms with van der Waals surface area (Å²) in [6.07, 6.45) is 1.85. The molecule has 0 aliphatic carbocycles. The second kappa shape index (κ2) is 8.72. The van der Waals surface area contributed by atoms with Crippen LogP contribution in [0.4, 0.5) is 5.95 Å². The minimum absolute atomic E-state index is 0.347. The Balaban J connectivity index is 1.67. The third-order valence-corrected chi connectivity index (χ3v) is 5.94. The number of rotatable bonds is 5. The van der Waals surface area contributed by atoms with E-state index in [4.69, 9.17) is 16.6 Å². The van der Waals surface area contributed by atoms with Gasteiger partial charge in [-0.05, 0) is 12.5 Å². The monoisotopic (exact) mass is 442 g/mol. The van der Waals surface area contributed by atoms with E-state index >= 15 is 0 Å². The molecule has 1 saturated heterocycles. The molecule has 0 N–H and O–H groups in total. The van der Waals surface area contributed by atoms with Crippen molar-refractivity contribution in [3.8, 4) is 0 Å². The van der Waals surface area contributed by atoms with Crippen LogP contribution in [0, 0.1) is 0 Å². The van der Waals surface area contributed by atoms with Crippen LogP contribution in [0.5, 0.6) is 0 Å². The molecule has 1 aromatic carbocycles. The number of allylic oxidation sites excluding steroid dienone is 2. The summed E-state index contributed by atoms with van der Waals surface area (Å²) >= 11 is 6.08. The molecule has 2 aromatic heterocycles. The lowest BCUT2D eigenvalue weighted by molar-refractivity contribution is 0.248. The van der Waals surface area contributed by atoms with Crippen LogP contribution >= 0.6 is 11.6 Å². The fourth-order valence-electron chi connectivity index (χ4n) is 4.01. The molecule has 0 radical (unpaired) electrons. The maximum absolute atomic E-state index is 12.9. The van der Waals surface area contributed by atoms with Gasteiger partial charge in [0.15, 0.2) is 11.2 Å². The molecular weight excluding hydrogens is 416 g/mol. The normalized spacial score (nSPS) is 15.7. The van der Waals surface area contributed by atoms with Gasteiger partial charge in [-0.15, -0.1) is 0 Å². The van der Waals surface area contributed by atoms with Crippen LogP contribution in [0.25, 0.3) is 11.2 Å². The topological polar surface area (TPSA) is 68.3 Å². The van der Waals surface area contributed by atoms with E-state index in [0.717, 1.165) is 37.3 Å². The molecule has 31 heavy (non-hydrogen) atoms. The van der Waals surface area contributed by atoms with Gasteiger partial charge in [-0.1, -0.05) is 48.0 Å². The highest BCUT2D eigenvalue weighted by molar-refractivity contribution is 6.29. The molecular formula is C22H27ClN6O2. The summed E-state index contributed by atoms with van der Waals surface area (Å²) in [5.74, 6) is 0.696. The Morgan fingerprint density at radius 2 is 1.74 bits per heavy atom. The Bertz CT molecular complexity index is 1230. The van der Waals surface area contributed by atoms with E-state index < -0.39 is 0 Å². The highest BCUT2D eigenvalue weighted by Gasteiger charge is 2.25. The summed E-state index contributed by atoms with van der Waals surface area (Å²) in [5, 5.41) is 0.641. The van der Waals surface area contributed by atoms with Crippen molar-refractivity contribution in [2.75, 3.05) is 31.1 Å². The van der Waals surface area contributed by atoms with Crippen molar-refractivity contribution in [2.24, 2.45) is 14.1 Å². The molecule has 8 nitrogen and oxygen atoms in total. The summed E-state index contributed by atoms with van der Waals surface area (Å²) in [6.45, 7) is 6.48. The Morgan fingerprint density at radius 3 is 2.39 bits per heavy atom. The average Bonchev–Trinajstić information content (AvgIpc) is 3.15. The van der Waals surface area contributed by atoms with Gasteiger partial charge in [0.2, 0.25) is 5.95 Å². The fourth-order valence-corrected chi connectivity index (χ4v) is 4.08. The summed E-state index contributed by atoms with van der Waals surface area (Å²) in [5.41, 5.74) is 1.38. The number of aryl methyl sites for hydroxylation is 1. The summed E-state index contributed by atoms with van der Waals surface area (Å²) < 4.78 is 4.43. The largest absolute Gasteiger partial charge is 0.340 e. The van der Waals surface area contributed by atoms with E-state index in [1.165, 1.54) is 17.2 Å². The second-order valence-electron chi connectivity index (χ2n) is 7.94. The lowest BCUT2D eigenvalue weighted by atomic mass is 10.2. The van der Waals surface area contributed by atoms with Crippen LogP contribution in [-0.2, 0) is 27.2 Å². The molecule has 0 bridgehead atoms. The number of anilines is 1. The van der Waals surface area contributed by atoms with E-state index in [0.29, 0.717) is 28.7 Å². The van der Waals surface area contributed by atoms with Crippen molar-refractivity contribution < 1.29 is 0 Å². The van der Waals surface area contributed by atoms with E-state index in [1.807, 2.05) is 16.7 Å². The SMILES string of the molecule is CC(Cl)=CCn1c(N2CCN(Cc3ccccc3)CC2)nc2c1c(=O)n(C)c(=O)n2C. The molecule has 0 unspecified atom stereocenters. The first-order valence-electron chi connectivity index (χ1n) is 10.4. The molecule has 0 atom stereocenters. The molecule has 0 spiro atoms. The predicted octanol–water partition coefficient (Wildman–Crippen LogP) is 1.90. The van der Waals surface area contributed by atoms with Gasteiger partial charge in [0.05, 0.1) is 0 Å². The molecule has 0 saturated carbocycles. The number of piperazine rings is 1. The lowest BCUT2D eigenvalue weighted by Crippen LogP contribution is -2.46. The highest BCUT2D eigenvalue weighted by atomic mass is 35.5. The molecule has 1 aliphatic heterocycles. The molecule has 4 rings (SSSR count). The van der Waals surface area contributed by atoms with Crippen molar-refractivity contribution in [2.45, 2.75) is 20.0 Å². The lowest BCUT2D eigenvalue weighted by Gasteiger charge is -2.35. The smallest absolute Gasteiger partial charge is 0.332 e. The Morgan fingerprint density at radius 1 is 1.06 bits per heavy atom. The van der Waals surface area contributed by atoms with E-state index in [1.54, 1.807) is 14.0 Å². The first-order chi connectivity index (χ1) is 14.9. The van der Waals surface area contributed by atoms with Gasteiger partial charge in [0.1, 0.15) is 0 Å². The minimum Gasteiger partial charge on any atom is -0.340 e. The third-order valence-electron chi connectivity index (χ3n) is 5.79. The summed E-state index contributed by atoms with van der Waals surface area (Å²) in [6, 6.07) is 10.4. The maximum atomic E-state index is 12.9. The maximum Gasteiger partial charge on any atom is 0.332 e. The fraction of sp³-hybridized carbons (Fsp3) is 0.409. The molecule has 0 amide bonds. The van der Waals surface area contributed by atoms with Crippen molar-refractivity contribution in [1.29, 1.82) is 0 Å². The number of hydrogen-bond donors (Lipinski definition) is 0. The van der Waals surface area contributed by atoms with Crippen molar-refractivity contribution in [3.05, 3.63) is 67.8 Å². The Kier molecular flexibility index (Phi) is 6.02. The first kappa shape index (κ1) is 21.4. The van der Waals surface area contributed by atoms with Gasteiger partial charge in [-0.25, -0.2) is 4.79 Å². The molecule has 3 heterocycles. The molecule has 1 fully saturated rings. The Hall–Kier alpha value is -2.84. The van der Waals surface area contributed by atoms with Gasteiger partial charge in [-0.2, -0.15) is 4.98 Å². The zero-order chi connectivity index (χ0) is 22.1. The Labute approximate surface area is 185 Å². The van der Waals surface area contributed by atoms with Crippen molar-refractivity contribution >= 4 is 28.7 Å². The number of imidazole rings is 1. The van der Waals surface area contributed by atoms with Crippen LogP contribution in [0.15, 0.2) is 51.0 Å². The summed E-state index contributed by atoms with van der Waals surface area (Å²) in [4.78, 5) is 34.7. The molecule has 9 heteroatoms. The second-order valence-corrected chi connectivity index (χ2v) is 8.54. The van der Waals surface area contributed by atoms with Gasteiger partial charge < -0.3 is 9.47 Å². The zero-order valence-corrected chi connectivity index (χ0v) is 18.8. The predicted molar refractivity (Wildman–Crippen MR) is 124 cm³/mol. The van der Waals surface area contributed by atoms with Crippen LogP contribution in [0.3, 0.4) is 0 Å². The number of aromatic nitrogens is 4.